The molecule has 1 N–H and O–H groups in total. The highest BCUT2D eigenvalue weighted by atomic mass is 16.3. The Hall–Kier alpha value is -2.38. The Morgan fingerprint density at radius 3 is 2.55 bits per heavy atom. The summed E-state index contributed by atoms with van der Waals surface area (Å²) >= 11 is 0. The molecule has 0 saturated carbocycles. The fourth-order valence-corrected chi connectivity index (χ4v) is 2.12. The van der Waals surface area contributed by atoms with E-state index < -0.39 is 0 Å². The fraction of sp³-hybridized carbons (Fsp3) is 0.250. The van der Waals surface area contributed by atoms with Crippen LogP contribution in [0.15, 0.2) is 42.7 Å². The number of hydrogen-bond acceptors (Lipinski definition) is 4. The van der Waals surface area contributed by atoms with Gasteiger partial charge in [0.05, 0.1) is 17.9 Å². The molecular weight excluding hydrogens is 250 g/mol. The fourth-order valence-electron chi connectivity index (χ4n) is 2.12. The third kappa shape index (κ3) is 3.14. The third-order valence-corrected chi connectivity index (χ3v) is 3.21. The Morgan fingerprint density at radius 2 is 1.95 bits per heavy atom. The van der Waals surface area contributed by atoms with Gasteiger partial charge in [0.25, 0.3) is 0 Å². The lowest BCUT2D eigenvalue weighted by molar-refractivity contribution is 0.282. The van der Waals surface area contributed by atoms with Crippen LogP contribution in [0, 0.1) is 11.3 Å². The van der Waals surface area contributed by atoms with Gasteiger partial charge in [-0.05, 0) is 42.3 Å². The monoisotopic (exact) mass is 267 g/mol. The number of hydrogen-bond donors (Lipinski definition) is 1. The normalized spacial score (nSPS) is 10.1. The molecule has 1 heterocycles. The number of anilines is 1. The van der Waals surface area contributed by atoms with Crippen LogP contribution in [-0.2, 0) is 13.2 Å². The molecule has 0 amide bonds. The molecular formula is C16H17N3O. The van der Waals surface area contributed by atoms with Crippen molar-refractivity contribution in [2.24, 2.45) is 0 Å². The van der Waals surface area contributed by atoms with E-state index in [-0.39, 0.29) is 6.61 Å². The molecule has 102 valence electrons. The number of aliphatic hydroxyl groups is 1. The smallest absolute Gasteiger partial charge is 0.101 e. The van der Waals surface area contributed by atoms with Crippen molar-refractivity contribution in [1.82, 2.24) is 4.98 Å². The van der Waals surface area contributed by atoms with Crippen LogP contribution < -0.4 is 4.90 Å². The molecule has 0 spiro atoms. The Bertz CT molecular complexity index is 605. The number of nitriles is 1. The van der Waals surface area contributed by atoms with Gasteiger partial charge in [0.15, 0.2) is 0 Å². The van der Waals surface area contributed by atoms with Gasteiger partial charge in [0.1, 0.15) is 6.07 Å². The minimum absolute atomic E-state index is 0.0502. The average molecular weight is 267 g/mol. The molecule has 0 aliphatic carbocycles. The van der Waals surface area contributed by atoms with E-state index >= 15 is 0 Å². The standard InChI is InChI=1S/C16H17N3O/c1-2-19(11-13-5-7-18-8-6-13)16-4-3-14(12-20)9-15(16)10-17/h3-9,20H,2,11-12H2,1H3. The summed E-state index contributed by atoms with van der Waals surface area (Å²) in [5.74, 6) is 0. The molecule has 1 aromatic heterocycles. The van der Waals surface area contributed by atoms with Crippen molar-refractivity contribution in [1.29, 1.82) is 5.26 Å². The van der Waals surface area contributed by atoms with Crippen molar-refractivity contribution in [2.75, 3.05) is 11.4 Å². The van der Waals surface area contributed by atoms with Gasteiger partial charge >= 0.3 is 0 Å². The zero-order valence-electron chi connectivity index (χ0n) is 11.5. The van der Waals surface area contributed by atoms with Gasteiger partial charge in [-0.25, -0.2) is 0 Å². The molecule has 0 fully saturated rings. The van der Waals surface area contributed by atoms with Crippen LogP contribution in [0.2, 0.25) is 0 Å². The van der Waals surface area contributed by atoms with Crippen molar-refractivity contribution >= 4 is 5.69 Å². The number of rotatable bonds is 5. The van der Waals surface area contributed by atoms with E-state index in [9.17, 15) is 5.26 Å². The Labute approximate surface area is 118 Å². The maximum absolute atomic E-state index is 9.28. The molecule has 2 rings (SSSR count). The second-order valence-corrected chi connectivity index (χ2v) is 4.49. The third-order valence-electron chi connectivity index (χ3n) is 3.21. The highest BCUT2D eigenvalue weighted by molar-refractivity contribution is 5.60. The van der Waals surface area contributed by atoms with Crippen LogP contribution in [0.4, 0.5) is 5.69 Å². The predicted octanol–water partition coefficient (Wildman–Crippen LogP) is 2.47. The second kappa shape index (κ2) is 6.69. The lowest BCUT2D eigenvalue weighted by Gasteiger charge is -2.24. The molecule has 20 heavy (non-hydrogen) atoms. The van der Waals surface area contributed by atoms with E-state index in [0.29, 0.717) is 5.56 Å². The first-order chi connectivity index (χ1) is 9.78. The molecule has 0 unspecified atom stereocenters. The first-order valence-electron chi connectivity index (χ1n) is 6.56. The van der Waals surface area contributed by atoms with Crippen LogP contribution in [0.3, 0.4) is 0 Å². The summed E-state index contributed by atoms with van der Waals surface area (Å²) in [5.41, 5.74) is 3.39. The number of aromatic nitrogens is 1. The molecule has 2 aromatic rings. The van der Waals surface area contributed by atoms with Crippen molar-refractivity contribution in [2.45, 2.75) is 20.1 Å². The zero-order valence-corrected chi connectivity index (χ0v) is 11.5. The van der Waals surface area contributed by atoms with Gasteiger partial charge in [-0.1, -0.05) is 6.07 Å². The predicted molar refractivity (Wildman–Crippen MR) is 78.0 cm³/mol. The molecule has 0 aliphatic heterocycles. The number of pyridine rings is 1. The lowest BCUT2D eigenvalue weighted by atomic mass is 10.1. The molecule has 0 aliphatic rings. The van der Waals surface area contributed by atoms with Gasteiger partial charge in [-0.2, -0.15) is 5.26 Å². The van der Waals surface area contributed by atoms with Crippen LogP contribution in [0.5, 0.6) is 0 Å². The van der Waals surface area contributed by atoms with Gasteiger partial charge < -0.3 is 10.0 Å². The Balaban J connectivity index is 2.30. The zero-order chi connectivity index (χ0) is 14.4. The van der Waals surface area contributed by atoms with Crippen LogP contribution in [-0.4, -0.2) is 16.6 Å². The summed E-state index contributed by atoms with van der Waals surface area (Å²) in [5, 5.41) is 18.4. The Kier molecular flexibility index (Phi) is 4.70. The van der Waals surface area contributed by atoms with E-state index in [1.54, 1.807) is 18.5 Å². The van der Waals surface area contributed by atoms with Crippen molar-refractivity contribution in [3.05, 3.63) is 59.4 Å². The average Bonchev–Trinajstić information content (AvgIpc) is 2.53. The lowest BCUT2D eigenvalue weighted by Crippen LogP contribution is -2.23. The summed E-state index contributed by atoms with van der Waals surface area (Å²) in [7, 11) is 0. The summed E-state index contributed by atoms with van der Waals surface area (Å²) in [4.78, 5) is 6.14. The minimum atomic E-state index is -0.0502. The Morgan fingerprint density at radius 1 is 1.20 bits per heavy atom. The molecule has 0 bridgehead atoms. The van der Waals surface area contributed by atoms with Crippen LogP contribution in [0.1, 0.15) is 23.6 Å². The van der Waals surface area contributed by atoms with E-state index in [0.717, 1.165) is 29.9 Å². The van der Waals surface area contributed by atoms with Crippen molar-refractivity contribution < 1.29 is 5.11 Å². The molecule has 1 aromatic carbocycles. The maximum atomic E-state index is 9.28. The minimum Gasteiger partial charge on any atom is -0.392 e. The van der Waals surface area contributed by atoms with Crippen molar-refractivity contribution in [3.63, 3.8) is 0 Å². The van der Waals surface area contributed by atoms with E-state index in [2.05, 4.69) is 22.9 Å². The van der Waals surface area contributed by atoms with Crippen molar-refractivity contribution in [3.8, 4) is 6.07 Å². The topological polar surface area (TPSA) is 60.1 Å². The van der Waals surface area contributed by atoms with Gasteiger partial charge in [-0.3, -0.25) is 4.98 Å². The SMILES string of the molecule is CCN(Cc1ccncc1)c1ccc(CO)cc1C#N. The summed E-state index contributed by atoms with van der Waals surface area (Å²) in [6.45, 7) is 3.54. The summed E-state index contributed by atoms with van der Waals surface area (Å²) in [6.07, 6.45) is 3.53. The summed E-state index contributed by atoms with van der Waals surface area (Å²) in [6, 6.07) is 11.6. The van der Waals surface area contributed by atoms with E-state index in [1.807, 2.05) is 24.3 Å². The summed E-state index contributed by atoms with van der Waals surface area (Å²) < 4.78 is 0. The number of benzene rings is 1. The maximum Gasteiger partial charge on any atom is 0.101 e. The first-order valence-corrected chi connectivity index (χ1v) is 6.56. The van der Waals surface area contributed by atoms with E-state index in [4.69, 9.17) is 5.11 Å². The van der Waals surface area contributed by atoms with Gasteiger partial charge in [0, 0.05) is 25.5 Å². The largest absolute Gasteiger partial charge is 0.392 e. The van der Waals surface area contributed by atoms with E-state index in [1.165, 1.54) is 0 Å². The van der Waals surface area contributed by atoms with Gasteiger partial charge in [0.2, 0.25) is 0 Å². The first kappa shape index (κ1) is 14.0. The number of aliphatic hydroxyl groups excluding tert-OH is 1. The second-order valence-electron chi connectivity index (χ2n) is 4.49. The highest BCUT2D eigenvalue weighted by Crippen LogP contribution is 2.23. The van der Waals surface area contributed by atoms with Gasteiger partial charge in [-0.15, -0.1) is 0 Å². The van der Waals surface area contributed by atoms with Crippen LogP contribution >= 0.6 is 0 Å². The number of nitrogens with zero attached hydrogens (tertiary/aromatic N) is 3. The highest BCUT2D eigenvalue weighted by Gasteiger charge is 2.11. The van der Waals surface area contributed by atoms with Crippen LogP contribution in [0.25, 0.3) is 0 Å². The quantitative estimate of drug-likeness (QED) is 0.904. The molecule has 0 atom stereocenters. The molecule has 0 radical (unpaired) electrons. The molecule has 0 saturated heterocycles. The molecule has 4 heteroatoms. The molecule has 4 nitrogen and oxygen atoms in total.